The second-order valence-corrected chi connectivity index (χ2v) is 8.99. The van der Waals surface area contributed by atoms with E-state index in [1.807, 2.05) is 36.5 Å². The Morgan fingerprint density at radius 1 is 0.872 bits per heavy atom. The maximum absolute atomic E-state index is 10.2. The molecule has 0 atom stereocenters. The van der Waals surface area contributed by atoms with E-state index in [1.165, 1.54) is 37.9 Å². The summed E-state index contributed by atoms with van der Waals surface area (Å²) in [5.74, 6) is 1.19. The average Bonchev–Trinajstić information content (AvgIpc) is 2.99. The zero-order valence-corrected chi connectivity index (χ0v) is 25.9. The van der Waals surface area contributed by atoms with E-state index in [2.05, 4.69) is 58.0 Å². The molecule has 1 saturated heterocycles. The van der Waals surface area contributed by atoms with E-state index in [0.29, 0.717) is 5.75 Å². The van der Waals surface area contributed by atoms with Crippen molar-refractivity contribution in [2.24, 2.45) is 5.92 Å². The van der Waals surface area contributed by atoms with Gasteiger partial charge in [0.2, 0.25) is 0 Å². The van der Waals surface area contributed by atoms with Gasteiger partial charge in [-0.3, -0.25) is 16.7 Å². The molecule has 0 unspecified atom stereocenters. The second kappa shape index (κ2) is 23.5. The van der Waals surface area contributed by atoms with Crippen molar-refractivity contribution >= 4 is 6.79 Å². The Morgan fingerprint density at radius 3 is 2.10 bits per heavy atom. The first-order valence-corrected chi connectivity index (χ1v) is 13.0. The van der Waals surface area contributed by atoms with Crippen molar-refractivity contribution < 1.29 is 40.5 Å². The Kier molecular flexibility index (Phi) is 22.0. The maximum atomic E-state index is 10.2. The molecule has 1 aliphatic rings. The number of pyridine rings is 1. The van der Waals surface area contributed by atoms with Gasteiger partial charge in [0, 0.05) is 66.0 Å². The Morgan fingerprint density at radius 2 is 1.49 bits per heavy atom. The van der Waals surface area contributed by atoms with Gasteiger partial charge in [0.1, 0.15) is 5.75 Å². The number of likely N-dealkylation sites (tertiary alicyclic amines) is 1. The third-order valence-electron chi connectivity index (χ3n) is 6.52. The number of phenols is 1. The van der Waals surface area contributed by atoms with Gasteiger partial charge < -0.3 is 25.0 Å². The van der Waals surface area contributed by atoms with E-state index in [9.17, 15) is 5.11 Å². The molecular formula is C31H44N3O4Re-. The quantitative estimate of drug-likeness (QED) is 0.216. The number of rotatable bonds is 10. The number of hydrogen-bond acceptors (Lipinski definition) is 7. The zero-order chi connectivity index (χ0) is 28.0. The van der Waals surface area contributed by atoms with Gasteiger partial charge in [-0.25, -0.2) is 0 Å². The van der Waals surface area contributed by atoms with Crippen LogP contribution in [-0.2, 0) is 44.7 Å². The number of aromatic hydroxyl groups is 1. The van der Waals surface area contributed by atoms with Crippen molar-refractivity contribution in [1.29, 1.82) is 0 Å². The van der Waals surface area contributed by atoms with Crippen molar-refractivity contribution in [3.8, 4) is 5.75 Å². The molecule has 8 heteroatoms. The molecule has 1 radical (unpaired) electrons. The van der Waals surface area contributed by atoms with Gasteiger partial charge in [0.15, 0.2) is 0 Å². The summed E-state index contributed by atoms with van der Waals surface area (Å²) in [5, 5.41) is 24.2. The summed E-state index contributed by atoms with van der Waals surface area (Å²) in [5.41, 5.74) is 3.52. The third kappa shape index (κ3) is 14.5. The summed E-state index contributed by atoms with van der Waals surface area (Å²) in [7, 11) is 2.00. The molecule has 0 bridgehead atoms. The number of carbonyl (C=O) groups excluding carboxylic acids is 1. The first-order chi connectivity index (χ1) is 18.8. The van der Waals surface area contributed by atoms with Gasteiger partial charge in [0.25, 0.3) is 0 Å². The van der Waals surface area contributed by atoms with E-state index >= 15 is 0 Å². The van der Waals surface area contributed by atoms with Crippen molar-refractivity contribution in [1.82, 2.24) is 14.8 Å². The van der Waals surface area contributed by atoms with E-state index in [-0.39, 0.29) is 20.4 Å². The molecule has 2 aromatic carbocycles. The number of aliphatic hydroxyl groups excluding tert-OH is 2. The van der Waals surface area contributed by atoms with Crippen LogP contribution in [0.3, 0.4) is 0 Å². The minimum atomic E-state index is 0. The minimum absolute atomic E-state index is 0. The first-order valence-electron chi connectivity index (χ1n) is 13.0. The molecule has 3 N–H and O–H groups in total. The van der Waals surface area contributed by atoms with Crippen molar-refractivity contribution in [3.63, 3.8) is 0 Å². The second-order valence-electron chi connectivity index (χ2n) is 8.99. The molecule has 215 valence electrons. The van der Waals surface area contributed by atoms with Gasteiger partial charge in [-0.05, 0) is 75.0 Å². The molecular weight excluding hydrogens is 665 g/mol. The number of phenolic OH excluding ortho intramolecular Hbond substituents is 1. The number of aliphatic hydroxyl groups is 2. The molecule has 1 fully saturated rings. The molecule has 0 saturated carbocycles. The Bertz CT molecular complexity index is 958. The van der Waals surface area contributed by atoms with Crippen LogP contribution >= 0.6 is 0 Å². The van der Waals surface area contributed by atoms with Crippen LogP contribution in [0.1, 0.15) is 36.1 Å². The molecule has 1 aromatic heterocycles. The van der Waals surface area contributed by atoms with Gasteiger partial charge >= 0.3 is 0 Å². The molecule has 0 amide bonds. The first kappa shape index (κ1) is 36.6. The van der Waals surface area contributed by atoms with Crippen LogP contribution in [0.2, 0.25) is 0 Å². The predicted molar refractivity (Wildman–Crippen MR) is 153 cm³/mol. The number of hydrogen-bond donors (Lipinski definition) is 3. The van der Waals surface area contributed by atoms with Gasteiger partial charge in [-0.2, -0.15) is 0 Å². The van der Waals surface area contributed by atoms with Crippen molar-refractivity contribution in [2.45, 2.75) is 38.8 Å². The maximum Gasteiger partial charge on any atom is 0.120 e. The number of piperidine rings is 1. The fraction of sp³-hybridized carbons (Fsp3) is 0.419. The molecule has 2 heterocycles. The number of aromatic nitrogens is 1. The summed E-state index contributed by atoms with van der Waals surface area (Å²) >= 11 is 0. The van der Waals surface area contributed by atoms with E-state index < -0.39 is 0 Å². The van der Waals surface area contributed by atoms with Crippen LogP contribution in [-0.4, -0.2) is 77.3 Å². The summed E-state index contributed by atoms with van der Waals surface area (Å²) in [6.07, 6.45) is 6.79. The topological polar surface area (TPSA) is 97.1 Å². The van der Waals surface area contributed by atoms with Crippen molar-refractivity contribution in [2.75, 3.05) is 40.4 Å². The standard InChI is InChI=1S/C28H35N3O.2CH4O.CHO.Re/c32-28-13-5-4-11-26(28)22-31(23-27-12-6-7-16-29-27)18-8-17-30-19-14-25(15-20-30)21-24-9-2-1-3-10-24;3*1-2;/h1-7,9-13,16,25,32H,8,14-15,17-23H2;2*2H,1H3;1H;/q;;;-1;. The normalized spacial score (nSPS) is 12.9. The molecule has 4 rings (SSSR count). The number of para-hydroxylation sites is 1. The Labute approximate surface area is 248 Å². The molecule has 39 heavy (non-hydrogen) atoms. The largest absolute Gasteiger partial charge is 0.545 e. The fourth-order valence-corrected chi connectivity index (χ4v) is 4.70. The van der Waals surface area contributed by atoms with E-state index in [1.54, 1.807) is 6.07 Å². The van der Waals surface area contributed by atoms with Crippen LogP contribution in [0.4, 0.5) is 0 Å². The summed E-state index contributed by atoms with van der Waals surface area (Å²) in [6, 6.07) is 24.6. The van der Waals surface area contributed by atoms with Crippen LogP contribution in [0.5, 0.6) is 5.75 Å². The van der Waals surface area contributed by atoms with E-state index in [4.69, 9.17) is 15.0 Å². The number of nitrogens with zero attached hydrogens (tertiary/aromatic N) is 3. The summed E-state index contributed by atoms with van der Waals surface area (Å²) in [6.45, 7) is 9.33. The minimum Gasteiger partial charge on any atom is -0.545 e. The van der Waals surface area contributed by atoms with Gasteiger partial charge in [-0.15, -0.1) is 0 Å². The van der Waals surface area contributed by atoms with Gasteiger partial charge in [0.05, 0.1) is 5.69 Å². The summed E-state index contributed by atoms with van der Waals surface area (Å²) in [4.78, 5) is 17.3. The smallest absolute Gasteiger partial charge is 0.120 e. The third-order valence-corrected chi connectivity index (χ3v) is 6.52. The summed E-state index contributed by atoms with van der Waals surface area (Å²) < 4.78 is 0. The fourth-order valence-electron chi connectivity index (χ4n) is 4.70. The van der Waals surface area contributed by atoms with Crippen LogP contribution in [0, 0.1) is 5.92 Å². The van der Waals surface area contributed by atoms with E-state index in [0.717, 1.165) is 64.0 Å². The zero-order valence-electron chi connectivity index (χ0n) is 23.2. The van der Waals surface area contributed by atoms with Crippen molar-refractivity contribution in [3.05, 3.63) is 95.8 Å². The number of benzene rings is 2. The molecule has 0 spiro atoms. The molecule has 0 aliphatic carbocycles. The van der Waals surface area contributed by atoms with Crippen LogP contribution < -0.4 is 0 Å². The van der Waals surface area contributed by atoms with Crippen LogP contribution in [0.25, 0.3) is 0 Å². The Hall–Kier alpha value is -2.44. The SMILES string of the molecule is CO.CO.Oc1ccccc1CN(CCCN1CCC(Cc2ccccc2)CC1)Cc1ccccn1.[CH-]=O.[Re]. The Balaban J connectivity index is 0.00000193. The predicted octanol–water partition coefficient (Wildman–Crippen LogP) is 4.07. The average molecular weight is 709 g/mol. The van der Waals surface area contributed by atoms with Gasteiger partial charge in [-0.1, -0.05) is 54.6 Å². The van der Waals surface area contributed by atoms with Crippen LogP contribution in [0.15, 0.2) is 79.0 Å². The molecule has 7 nitrogen and oxygen atoms in total. The monoisotopic (exact) mass is 709 g/mol. The molecule has 1 aliphatic heterocycles. The molecule has 3 aromatic rings.